The van der Waals surface area contributed by atoms with E-state index in [9.17, 15) is 4.79 Å². The Kier molecular flexibility index (Phi) is 3.31. The predicted molar refractivity (Wildman–Crippen MR) is 75.9 cm³/mol. The Balaban J connectivity index is 1.78. The first-order chi connectivity index (χ1) is 9.20. The summed E-state index contributed by atoms with van der Waals surface area (Å²) in [5.74, 6) is 1.35. The molecule has 1 saturated carbocycles. The highest BCUT2D eigenvalue weighted by Crippen LogP contribution is 2.37. The first-order valence-electron chi connectivity index (χ1n) is 7.33. The maximum atomic E-state index is 12.6. The van der Waals surface area contributed by atoms with Gasteiger partial charge in [-0.1, -0.05) is 25.1 Å². The number of hydrogen-bond acceptors (Lipinski definition) is 2. The van der Waals surface area contributed by atoms with Crippen molar-refractivity contribution in [2.24, 2.45) is 17.6 Å². The van der Waals surface area contributed by atoms with E-state index in [2.05, 4.69) is 13.0 Å². The minimum absolute atomic E-state index is 0.194. The van der Waals surface area contributed by atoms with Crippen molar-refractivity contribution in [3.8, 4) is 0 Å². The highest BCUT2D eigenvalue weighted by molar-refractivity contribution is 5.95. The van der Waals surface area contributed by atoms with E-state index >= 15 is 0 Å². The summed E-state index contributed by atoms with van der Waals surface area (Å²) in [5, 5.41) is 0. The van der Waals surface area contributed by atoms with Crippen molar-refractivity contribution in [1.29, 1.82) is 0 Å². The van der Waals surface area contributed by atoms with E-state index in [0.717, 1.165) is 37.1 Å². The Morgan fingerprint density at radius 2 is 2.11 bits per heavy atom. The van der Waals surface area contributed by atoms with Gasteiger partial charge in [-0.15, -0.1) is 0 Å². The molecule has 3 atom stereocenters. The summed E-state index contributed by atoms with van der Waals surface area (Å²) in [6.45, 7) is 3.85. The number of carbonyl (C=O) groups excluding carboxylic acids is 1. The van der Waals surface area contributed by atoms with Gasteiger partial charge < -0.3 is 10.6 Å². The molecule has 1 heterocycles. The normalized spacial score (nSPS) is 29.6. The Hall–Kier alpha value is -1.35. The van der Waals surface area contributed by atoms with Crippen molar-refractivity contribution >= 4 is 5.91 Å². The fourth-order valence-corrected chi connectivity index (χ4v) is 3.68. The molecule has 1 aromatic carbocycles. The molecular weight excluding hydrogens is 236 g/mol. The van der Waals surface area contributed by atoms with E-state index in [0.29, 0.717) is 17.9 Å². The number of hydrogen-bond donors (Lipinski definition) is 1. The van der Waals surface area contributed by atoms with Crippen molar-refractivity contribution in [1.82, 2.24) is 4.90 Å². The zero-order valence-corrected chi connectivity index (χ0v) is 11.5. The number of nitrogens with two attached hydrogens (primary N) is 1. The number of amides is 1. The van der Waals surface area contributed by atoms with E-state index in [1.165, 1.54) is 6.42 Å². The van der Waals surface area contributed by atoms with Gasteiger partial charge in [0.2, 0.25) is 0 Å². The molecule has 0 radical (unpaired) electrons. The Labute approximate surface area is 114 Å². The molecule has 3 nitrogen and oxygen atoms in total. The smallest absolute Gasteiger partial charge is 0.254 e. The van der Waals surface area contributed by atoms with Gasteiger partial charge in [-0.2, -0.15) is 0 Å². The van der Waals surface area contributed by atoms with Gasteiger partial charge in [0.1, 0.15) is 0 Å². The largest absolute Gasteiger partial charge is 0.338 e. The SMILES string of the molecule is CCc1ccccc1C(=O)N1C[C@@H]2CC[C@H](N)[C@@H]2C1. The average molecular weight is 258 g/mol. The van der Waals surface area contributed by atoms with E-state index in [1.54, 1.807) is 0 Å². The molecule has 0 unspecified atom stereocenters. The lowest BCUT2D eigenvalue weighted by Gasteiger charge is -2.20. The summed E-state index contributed by atoms with van der Waals surface area (Å²) >= 11 is 0. The third-order valence-corrected chi connectivity index (χ3v) is 4.83. The average Bonchev–Trinajstić information content (AvgIpc) is 3.00. The van der Waals surface area contributed by atoms with Crippen molar-refractivity contribution in [2.75, 3.05) is 13.1 Å². The van der Waals surface area contributed by atoms with Gasteiger partial charge in [0.25, 0.3) is 5.91 Å². The summed E-state index contributed by atoms with van der Waals surface area (Å²) in [7, 11) is 0. The van der Waals surface area contributed by atoms with Gasteiger partial charge in [0.15, 0.2) is 0 Å². The zero-order valence-electron chi connectivity index (χ0n) is 11.5. The second-order valence-electron chi connectivity index (χ2n) is 5.89. The molecule has 3 heteroatoms. The molecule has 3 rings (SSSR count). The maximum Gasteiger partial charge on any atom is 0.254 e. The van der Waals surface area contributed by atoms with Crippen LogP contribution in [0.25, 0.3) is 0 Å². The van der Waals surface area contributed by atoms with Gasteiger partial charge in [-0.3, -0.25) is 4.79 Å². The van der Waals surface area contributed by atoms with Crippen LogP contribution >= 0.6 is 0 Å². The molecule has 19 heavy (non-hydrogen) atoms. The van der Waals surface area contributed by atoms with Gasteiger partial charge in [-0.05, 0) is 42.7 Å². The van der Waals surface area contributed by atoms with Crippen LogP contribution in [-0.4, -0.2) is 29.9 Å². The van der Waals surface area contributed by atoms with E-state index in [1.807, 2.05) is 23.1 Å². The summed E-state index contributed by atoms with van der Waals surface area (Å²) in [6.07, 6.45) is 3.22. The molecule has 2 fully saturated rings. The lowest BCUT2D eigenvalue weighted by atomic mass is 9.98. The number of carbonyl (C=O) groups is 1. The number of likely N-dealkylation sites (tertiary alicyclic amines) is 1. The molecule has 0 bridgehead atoms. The maximum absolute atomic E-state index is 12.6. The molecular formula is C16H22N2O. The third-order valence-electron chi connectivity index (χ3n) is 4.83. The Morgan fingerprint density at radius 1 is 1.32 bits per heavy atom. The molecule has 102 valence electrons. The lowest BCUT2D eigenvalue weighted by molar-refractivity contribution is 0.0778. The Bertz CT molecular complexity index is 485. The van der Waals surface area contributed by atoms with Crippen LogP contribution in [0.4, 0.5) is 0 Å². The zero-order chi connectivity index (χ0) is 13.4. The fourth-order valence-electron chi connectivity index (χ4n) is 3.68. The number of aryl methyl sites for hydroxylation is 1. The van der Waals surface area contributed by atoms with E-state index < -0.39 is 0 Å². The monoisotopic (exact) mass is 258 g/mol. The highest BCUT2D eigenvalue weighted by atomic mass is 16.2. The second-order valence-corrected chi connectivity index (χ2v) is 5.89. The number of fused-ring (bicyclic) bond motifs is 1. The van der Waals surface area contributed by atoms with Crippen LogP contribution in [-0.2, 0) is 6.42 Å². The predicted octanol–water partition coefficient (Wildman–Crippen LogP) is 2.06. The van der Waals surface area contributed by atoms with Crippen molar-refractivity contribution in [3.05, 3.63) is 35.4 Å². The molecule has 1 saturated heterocycles. The Morgan fingerprint density at radius 3 is 2.84 bits per heavy atom. The second kappa shape index (κ2) is 4.97. The van der Waals surface area contributed by atoms with Crippen LogP contribution < -0.4 is 5.73 Å². The number of nitrogens with zero attached hydrogens (tertiary/aromatic N) is 1. The quantitative estimate of drug-likeness (QED) is 0.882. The van der Waals surface area contributed by atoms with Crippen molar-refractivity contribution in [3.63, 3.8) is 0 Å². The minimum atomic E-state index is 0.194. The van der Waals surface area contributed by atoms with E-state index in [4.69, 9.17) is 5.73 Å². The third kappa shape index (κ3) is 2.16. The van der Waals surface area contributed by atoms with Crippen molar-refractivity contribution < 1.29 is 4.79 Å². The van der Waals surface area contributed by atoms with Crippen LogP contribution in [0.3, 0.4) is 0 Å². The summed E-state index contributed by atoms with van der Waals surface area (Å²) < 4.78 is 0. The van der Waals surface area contributed by atoms with Gasteiger partial charge in [-0.25, -0.2) is 0 Å². The highest BCUT2D eigenvalue weighted by Gasteiger charge is 2.42. The summed E-state index contributed by atoms with van der Waals surface area (Å²) in [5.41, 5.74) is 8.16. The lowest BCUT2D eigenvalue weighted by Crippen LogP contribution is -2.33. The molecule has 1 aromatic rings. The number of benzene rings is 1. The summed E-state index contributed by atoms with van der Waals surface area (Å²) in [4.78, 5) is 14.7. The molecule has 2 aliphatic rings. The van der Waals surface area contributed by atoms with Gasteiger partial charge >= 0.3 is 0 Å². The fraction of sp³-hybridized carbons (Fsp3) is 0.562. The van der Waals surface area contributed by atoms with Gasteiger partial charge in [0, 0.05) is 24.7 Å². The first kappa shape index (κ1) is 12.7. The van der Waals surface area contributed by atoms with E-state index in [-0.39, 0.29) is 5.91 Å². The molecule has 1 amide bonds. The summed E-state index contributed by atoms with van der Waals surface area (Å²) in [6, 6.07) is 8.26. The number of rotatable bonds is 2. The molecule has 1 aliphatic heterocycles. The topological polar surface area (TPSA) is 46.3 Å². The van der Waals surface area contributed by atoms with Gasteiger partial charge in [0.05, 0.1) is 0 Å². The van der Waals surface area contributed by atoms with Crippen LogP contribution in [0.5, 0.6) is 0 Å². The van der Waals surface area contributed by atoms with Crippen LogP contribution in [0.1, 0.15) is 35.7 Å². The van der Waals surface area contributed by atoms with Crippen LogP contribution in [0.15, 0.2) is 24.3 Å². The van der Waals surface area contributed by atoms with Crippen LogP contribution in [0.2, 0.25) is 0 Å². The first-order valence-corrected chi connectivity index (χ1v) is 7.33. The molecule has 2 N–H and O–H groups in total. The molecule has 0 aromatic heterocycles. The molecule has 0 spiro atoms. The van der Waals surface area contributed by atoms with Crippen LogP contribution in [0, 0.1) is 11.8 Å². The van der Waals surface area contributed by atoms with Crippen molar-refractivity contribution in [2.45, 2.75) is 32.2 Å². The molecule has 1 aliphatic carbocycles. The standard InChI is InChI=1S/C16H22N2O/c1-2-11-5-3-4-6-13(11)16(19)18-9-12-7-8-15(17)14(12)10-18/h3-6,12,14-15H,2,7-10,17H2,1H3/t12-,14+,15-/m0/s1. The minimum Gasteiger partial charge on any atom is -0.338 e.